The van der Waals surface area contributed by atoms with E-state index in [2.05, 4.69) is 10.2 Å². The maximum absolute atomic E-state index is 11.1. The maximum Gasteiger partial charge on any atom is 0.316 e. The van der Waals surface area contributed by atoms with E-state index >= 15 is 0 Å². The normalized spacial score (nSPS) is 18.2. The van der Waals surface area contributed by atoms with Crippen molar-refractivity contribution in [2.45, 2.75) is 0 Å². The van der Waals surface area contributed by atoms with Crippen LogP contribution in [-0.2, 0) is 0 Å². The van der Waals surface area contributed by atoms with Crippen LogP contribution in [0.4, 0.5) is 11.4 Å². The van der Waals surface area contributed by atoms with Crippen LogP contribution in [0.25, 0.3) is 0 Å². The third kappa shape index (κ3) is 2.28. The van der Waals surface area contributed by atoms with E-state index < -0.39 is 4.92 Å². The molecule has 0 unspecified atom stereocenters. The van der Waals surface area contributed by atoms with Crippen LogP contribution in [0.15, 0.2) is 12.1 Å². The van der Waals surface area contributed by atoms with Gasteiger partial charge in [-0.3, -0.25) is 10.1 Å². The molecule has 2 aliphatic heterocycles. The molecule has 19 heavy (non-hydrogen) atoms. The van der Waals surface area contributed by atoms with Crippen LogP contribution in [-0.4, -0.2) is 44.3 Å². The average molecular weight is 265 g/mol. The predicted molar refractivity (Wildman–Crippen MR) is 69.2 cm³/mol. The van der Waals surface area contributed by atoms with Gasteiger partial charge in [-0.05, 0) is 0 Å². The van der Waals surface area contributed by atoms with Gasteiger partial charge in [-0.1, -0.05) is 0 Å². The van der Waals surface area contributed by atoms with E-state index in [-0.39, 0.29) is 11.4 Å². The molecule has 0 aliphatic carbocycles. The Morgan fingerprint density at radius 1 is 1.21 bits per heavy atom. The summed E-state index contributed by atoms with van der Waals surface area (Å²) in [5.41, 5.74) is 0.795. The topological polar surface area (TPSA) is 76.9 Å². The largest absolute Gasteiger partial charge is 0.486 e. The first-order chi connectivity index (χ1) is 9.25. The lowest BCUT2D eigenvalue weighted by molar-refractivity contribution is -0.386. The third-order valence-corrected chi connectivity index (χ3v) is 3.29. The molecule has 1 fully saturated rings. The van der Waals surface area contributed by atoms with Gasteiger partial charge in [0, 0.05) is 44.0 Å². The van der Waals surface area contributed by atoms with Gasteiger partial charge in [0.05, 0.1) is 4.92 Å². The highest BCUT2D eigenvalue weighted by Crippen LogP contribution is 2.42. The molecule has 0 atom stereocenters. The molecular weight excluding hydrogens is 250 g/mol. The highest BCUT2D eigenvalue weighted by molar-refractivity contribution is 5.67. The highest BCUT2D eigenvalue weighted by Gasteiger charge is 2.27. The Labute approximate surface area is 110 Å². The molecule has 0 aromatic heterocycles. The molecular formula is C12H15N3O4. The van der Waals surface area contributed by atoms with Crippen LogP contribution in [0.2, 0.25) is 0 Å². The van der Waals surface area contributed by atoms with Gasteiger partial charge >= 0.3 is 5.69 Å². The molecule has 7 heteroatoms. The van der Waals surface area contributed by atoms with Gasteiger partial charge in [-0.15, -0.1) is 0 Å². The van der Waals surface area contributed by atoms with Crippen molar-refractivity contribution in [3.8, 4) is 11.5 Å². The van der Waals surface area contributed by atoms with E-state index in [1.54, 1.807) is 6.07 Å². The molecule has 0 amide bonds. The minimum atomic E-state index is -0.417. The van der Waals surface area contributed by atoms with E-state index in [9.17, 15) is 10.1 Å². The zero-order valence-corrected chi connectivity index (χ0v) is 10.4. The van der Waals surface area contributed by atoms with Crippen LogP contribution < -0.4 is 19.7 Å². The van der Waals surface area contributed by atoms with Crippen molar-refractivity contribution < 1.29 is 14.4 Å². The summed E-state index contributed by atoms with van der Waals surface area (Å²) in [4.78, 5) is 12.8. The fourth-order valence-corrected chi connectivity index (χ4v) is 2.36. The summed E-state index contributed by atoms with van der Waals surface area (Å²) in [6.07, 6.45) is 0. The monoisotopic (exact) mass is 265 g/mol. The minimum absolute atomic E-state index is 0.0225. The Morgan fingerprint density at radius 3 is 2.68 bits per heavy atom. The molecule has 1 aromatic carbocycles. The molecule has 1 saturated heterocycles. The molecule has 0 bridgehead atoms. The quantitative estimate of drug-likeness (QED) is 0.629. The second-order valence-electron chi connectivity index (χ2n) is 4.48. The molecule has 0 saturated carbocycles. The molecule has 102 valence electrons. The predicted octanol–water partition coefficient (Wildman–Crippen LogP) is 0.776. The number of nitro groups is 1. The Hall–Kier alpha value is -2.02. The number of hydrogen-bond donors (Lipinski definition) is 1. The van der Waals surface area contributed by atoms with E-state index in [0.717, 1.165) is 31.9 Å². The van der Waals surface area contributed by atoms with Crippen molar-refractivity contribution in [3.05, 3.63) is 22.2 Å². The fraction of sp³-hybridized carbons (Fsp3) is 0.500. The van der Waals surface area contributed by atoms with Gasteiger partial charge in [-0.2, -0.15) is 0 Å². The fourth-order valence-electron chi connectivity index (χ4n) is 2.36. The van der Waals surface area contributed by atoms with Gasteiger partial charge in [0.25, 0.3) is 0 Å². The molecule has 3 rings (SSSR count). The second-order valence-corrected chi connectivity index (χ2v) is 4.48. The first-order valence-corrected chi connectivity index (χ1v) is 6.29. The van der Waals surface area contributed by atoms with Crippen LogP contribution in [0.1, 0.15) is 0 Å². The number of piperazine rings is 1. The lowest BCUT2D eigenvalue weighted by atomic mass is 10.2. The second kappa shape index (κ2) is 4.93. The molecule has 2 aliphatic rings. The Kier molecular flexibility index (Phi) is 3.12. The van der Waals surface area contributed by atoms with E-state index in [1.807, 2.05) is 6.07 Å². The molecule has 1 N–H and O–H groups in total. The van der Waals surface area contributed by atoms with Crippen molar-refractivity contribution >= 4 is 11.4 Å². The van der Waals surface area contributed by atoms with Gasteiger partial charge < -0.3 is 19.7 Å². The number of ether oxygens (including phenoxy) is 2. The van der Waals surface area contributed by atoms with E-state index in [1.165, 1.54) is 0 Å². The van der Waals surface area contributed by atoms with Gasteiger partial charge in [-0.25, -0.2) is 0 Å². The molecule has 0 spiro atoms. The number of anilines is 1. The lowest BCUT2D eigenvalue weighted by Gasteiger charge is -2.30. The molecule has 2 heterocycles. The van der Waals surface area contributed by atoms with Gasteiger partial charge in [0.2, 0.25) is 5.75 Å². The highest BCUT2D eigenvalue weighted by atomic mass is 16.6. The van der Waals surface area contributed by atoms with Crippen molar-refractivity contribution in [2.75, 3.05) is 44.3 Å². The van der Waals surface area contributed by atoms with Gasteiger partial charge in [0.15, 0.2) is 5.75 Å². The SMILES string of the molecule is O=[N+]([O-])c1cc(N2CCNCC2)cc2c1OCCO2. The Balaban J connectivity index is 2.00. The number of benzene rings is 1. The number of nitro benzene ring substituents is 1. The standard InChI is InChI=1S/C12H15N3O4/c16-15(17)10-7-9(14-3-1-13-2-4-14)8-11-12(10)19-6-5-18-11/h7-8,13H,1-6H2. The summed E-state index contributed by atoms with van der Waals surface area (Å²) in [6.45, 7) is 4.19. The third-order valence-electron chi connectivity index (χ3n) is 3.29. The number of hydrogen-bond acceptors (Lipinski definition) is 6. The zero-order chi connectivity index (χ0) is 13.2. The van der Waals surface area contributed by atoms with Crippen molar-refractivity contribution in [3.63, 3.8) is 0 Å². The first kappa shape index (κ1) is 12.0. The summed E-state index contributed by atoms with van der Waals surface area (Å²) in [5.74, 6) is 0.712. The minimum Gasteiger partial charge on any atom is -0.486 e. The Bertz CT molecular complexity index is 500. The average Bonchev–Trinajstić information content (AvgIpc) is 2.47. The van der Waals surface area contributed by atoms with Crippen molar-refractivity contribution in [1.29, 1.82) is 0 Å². The number of fused-ring (bicyclic) bond motifs is 1. The van der Waals surface area contributed by atoms with Crippen molar-refractivity contribution in [1.82, 2.24) is 5.32 Å². The lowest BCUT2D eigenvalue weighted by Crippen LogP contribution is -2.43. The van der Waals surface area contributed by atoms with Gasteiger partial charge in [0.1, 0.15) is 13.2 Å². The number of rotatable bonds is 2. The van der Waals surface area contributed by atoms with Crippen LogP contribution in [0.3, 0.4) is 0 Å². The number of nitrogens with one attached hydrogen (secondary N) is 1. The Morgan fingerprint density at radius 2 is 1.95 bits per heavy atom. The summed E-state index contributed by atoms with van der Waals surface area (Å²) < 4.78 is 10.8. The summed E-state index contributed by atoms with van der Waals surface area (Å²) in [7, 11) is 0. The summed E-state index contributed by atoms with van der Waals surface area (Å²) >= 11 is 0. The van der Waals surface area contributed by atoms with E-state index in [4.69, 9.17) is 9.47 Å². The van der Waals surface area contributed by atoms with E-state index in [0.29, 0.717) is 19.0 Å². The molecule has 1 aromatic rings. The van der Waals surface area contributed by atoms with Crippen molar-refractivity contribution in [2.24, 2.45) is 0 Å². The first-order valence-electron chi connectivity index (χ1n) is 6.29. The maximum atomic E-state index is 11.1. The zero-order valence-electron chi connectivity index (χ0n) is 10.4. The smallest absolute Gasteiger partial charge is 0.316 e. The molecule has 7 nitrogen and oxygen atoms in total. The number of nitrogens with zero attached hydrogens (tertiary/aromatic N) is 2. The summed E-state index contributed by atoms with van der Waals surface area (Å²) in [5, 5.41) is 14.4. The summed E-state index contributed by atoms with van der Waals surface area (Å²) in [6, 6.07) is 3.39. The molecule has 0 radical (unpaired) electrons. The van der Waals surface area contributed by atoms with Crippen LogP contribution in [0, 0.1) is 10.1 Å². The van der Waals surface area contributed by atoms with Crippen LogP contribution >= 0.6 is 0 Å². The van der Waals surface area contributed by atoms with Crippen LogP contribution in [0.5, 0.6) is 11.5 Å².